The van der Waals surface area contributed by atoms with Gasteiger partial charge in [0, 0.05) is 0 Å². The average Bonchev–Trinajstić information content (AvgIpc) is 2.30. The van der Waals surface area contributed by atoms with Crippen LogP contribution in [0, 0.1) is 0 Å². The van der Waals surface area contributed by atoms with Crippen LogP contribution in [0.2, 0.25) is 10.0 Å². The molecule has 0 aliphatic rings. The molecule has 92 valence electrons. The zero-order valence-electron chi connectivity index (χ0n) is 9.46. The van der Waals surface area contributed by atoms with Crippen molar-refractivity contribution in [2.24, 2.45) is 5.10 Å². The third-order valence-electron chi connectivity index (χ3n) is 1.84. The molecule has 0 saturated carbocycles. The normalized spacial score (nSPS) is 11.2. The summed E-state index contributed by atoms with van der Waals surface area (Å²) in [6.45, 7) is 3.61. The number of hydrogen-bond donors (Lipinski definition) is 1. The van der Waals surface area contributed by atoms with Crippen molar-refractivity contribution in [3.63, 3.8) is 0 Å². The minimum absolute atomic E-state index is 0.234. The Labute approximate surface area is 110 Å². The summed E-state index contributed by atoms with van der Waals surface area (Å²) in [5.41, 5.74) is 3.57. The molecule has 1 aromatic carbocycles. The van der Waals surface area contributed by atoms with Crippen molar-refractivity contribution in [1.29, 1.82) is 0 Å². The highest BCUT2D eigenvalue weighted by Crippen LogP contribution is 2.24. The number of carbonyl (C=O) groups excluding carboxylic acids is 1. The molecule has 0 aliphatic carbocycles. The highest BCUT2D eigenvalue weighted by molar-refractivity contribution is 6.42. The number of benzene rings is 1. The van der Waals surface area contributed by atoms with Crippen LogP contribution in [0.1, 0.15) is 13.8 Å². The molecule has 1 N–H and O–H groups in total. The summed E-state index contributed by atoms with van der Waals surface area (Å²) >= 11 is 11.6. The quantitative estimate of drug-likeness (QED) is 0.521. The van der Waals surface area contributed by atoms with Crippen molar-refractivity contribution in [3.8, 4) is 0 Å². The molecule has 0 aromatic heterocycles. The van der Waals surface area contributed by atoms with Crippen molar-refractivity contribution >= 4 is 40.6 Å². The van der Waals surface area contributed by atoms with E-state index in [2.05, 4.69) is 10.5 Å². The lowest BCUT2D eigenvalue weighted by molar-refractivity contribution is -0.135. The van der Waals surface area contributed by atoms with Crippen LogP contribution in [0.25, 0.3) is 0 Å². The van der Waals surface area contributed by atoms with Crippen molar-refractivity contribution in [1.82, 2.24) is 0 Å². The van der Waals surface area contributed by atoms with Gasteiger partial charge in [-0.05, 0) is 32.0 Å². The van der Waals surface area contributed by atoms with Gasteiger partial charge in [-0.3, -0.25) is 5.43 Å². The molecule has 0 radical (unpaired) electrons. The maximum Gasteiger partial charge on any atom is 0.354 e. The summed E-state index contributed by atoms with van der Waals surface area (Å²) in [4.78, 5) is 11.2. The van der Waals surface area contributed by atoms with Gasteiger partial charge in [-0.2, -0.15) is 5.10 Å². The molecular formula is C11H12Cl2N2O2. The summed E-state index contributed by atoms with van der Waals surface area (Å²) in [6.07, 6.45) is 0. The van der Waals surface area contributed by atoms with E-state index in [0.717, 1.165) is 0 Å². The second kappa shape index (κ2) is 6.47. The number of hydrazone groups is 1. The van der Waals surface area contributed by atoms with E-state index in [1.807, 2.05) is 0 Å². The van der Waals surface area contributed by atoms with Gasteiger partial charge in [-0.15, -0.1) is 0 Å². The van der Waals surface area contributed by atoms with Crippen LogP contribution in [0.3, 0.4) is 0 Å². The monoisotopic (exact) mass is 274 g/mol. The highest BCUT2D eigenvalue weighted by Gasteiger charge is 2.06. The molecule has 0 aliphatic heterocycles. The number of hydrogen-bond acceptors (Lipinski definition) is 4. The Balaban J connectivity index is 2.69. The van der Waals surface area contributed by atoms with Crippen molar-refractivity contribution in [3.05, 3.63) is 28.2 Å². The smallest absolute Gasteiger partial charge is 0.354 e. The first-order valence-electron chi connectivity index (χ1n) is 4.97. The number of anilines is 1. The Bertz CT molecular complexity index is 447. The van der Waals surface area contributed by atoms with Crippen molar-refractivity contribution in [2.45, 2.75) is 13.8 Å². The SMILES string of the molecule is CCOC(=O)/C(C)=N/Nc1ccc(Cl)c(Cl)c1. The molecule has 0 heterocycles. The molecular weight excluding hydrogens is 263 g/mol. The van der Waals surface area contributed by atoms with Crippen LogP contribution in [-0.2, 0) is 9.53 Å². The molecule has 0 amide bonds. The first kappa shape index (κ1) is 13.8. The Morgan fingerprint density at radius 2 is 2.12 bits per heavy atom. The number of nitrogens with zero attached hydrogens (tertiary/aromatic N) is 1. The van der Waals surface area contributed by atoms with Gasteiger partial charge in [0.05, 0.1) is 22.3 Å². The lowest BCUT2D eigenvalue weighted by atomic mass is 10.3. The fourth-order valence-corrected chi connectivity index (χ4v) is 1.29. The van der Waals surface area contributed by atoms with Gasteiger partial charge < -0.3 is 4.74 Å². The highest BCUT2D eigenvalue weighted by atomic mass is 35.5. The maximum atomic E-state index is 11.2. The number of rotatable bonds is 4. The second-order valence-corrected chi connectivity index (χ2v) is 3.97. The van der Waals surface area contributed by atoms with Crippen LogP contribution in [-0.4, -0.2) is 18.3 Å². The molecule has 1 aromatic rings. The Morgan fingerprint density at radius 1 is 1.41 bits per heavy atom. The van der Waals surface area contributed by atoms with Gasteiger partial charge in [0.2, 0.25) is 0 Å². The fraction of sp³-hybridized carbons (Fsp3) is 0.273. The Morgan fingerprint density at radius 3 is 2.71 bits per heavy atom. The van der Waals surface area contributed by atoms with Crippen LogP contribution in [0.4, 0.5) is 5.69 Å². The minimum atomic E-state index is -0.458. The van der Waals surface area contributed by atoms with Gasteiger partial charge in [0.1, 0.15) is 5.71 Å². The van der Waals surface area contributed by atoms with Gasteiger partial charge in [-0.1, -0.05) is 23.2 Å². The third kappa shape index (κ3) is 4.24. The molecule has 4 nitrogen and oxygen atoms in total. The predicted molar refractivity (Wildman–Crippen MR) is 69.8 cm³/mol. The predicted octanol–water partition coefficient (Wildman–Crippen LogP) is 3.34. The Kier molecular flexibility index (Phi) is 5.25. The molecule has 0 spiro atoms. The van der Waals surface area contributed by atoms with E-state index in [0.29, 0.717) is 22.3 Å². The number of esters is 1. The van der Waals surface area contributed by atoms with Gasteiger partial charge >= 0.3 is 5.97 Å². The minimum Gasteiger partial charge on any atom is -0.461 e. The summed E-state index contributed by atoms with van der Waals surface area (Å²) < 4.78 is 4.78. The van der Waals surface area contributed by atoms with E-state index in [9.17, 15) is 4.79 Å². The number of carbonyl (C=O) groups is 1. The number of nitrogens with one attached hydrogen (secondary N) is 1. The number of ether oxygens (including phenoxy) is 1. The van der Waals surface area contributed by atoms with Crippen LogP contribution < -0.4 is 5.43 Å². The molecule has 1 rings (SSSR count). The van der Waals surface area contributed by atoms with Gasteiger partial charge in [0.15, 0.2) is 0 Å². The van der Waals surface area contributed by atoms with E-state index in [-0.39, 0.29) is 5.71 Å². The van der Waals surface area contributed by atoms with E-state index in [1.165, 1.54) is 0 Å². The lowest BCUT2D eigenvalue weighted by Crippen LogP contribution is -2.15. The van der Waals surface area contributed by atoms with E-state index in [4.69, 9.17) is 27.9 Å². The summed E-state index contributed by atoms with van der Waals surface area (Å²) in [5, 5.41) is 4.75. The molecule has 0 fully saturated rings. The van der Waals surface area contributed by atoms with Crippen LogP contribution >= 0.6 is 23.2 Å². The Hall–Kier alpha value is -1.26. The van der Waals surface area contributed by atoms with Crippen LogP contribution in [0.15, 0.2) is 23.3 Å². The zero-order chi connectivity index (χ0) is 12.8. The van der Waals surface area contributed by atoms with Crippen LogP contribution in [0.5, 0.6) is 0 Å². The first-order valence-corrected chi connectivity index (χ1v) is 5.72. The second-order valence-electron chi connectivity index (χ2n) is 3.16. The lowest BCUT2D eigenvalue weighted by Gasteiger charge is -2.04. The third-order valence-corrected chi connectivity index (χ3v) is 2.58. The van der Waals surface area contributed by atoms with Crippen molar-refractivity contribution in [2.75, 3.05) is 12.0 Å². The summed E-state index contributed by atoms with van der Waals surface area (Å²) in [6, 6.07) is 4.96. The molecule has 0 bridgehead atoms. The average molecular weight is 275 g/mol. The topological polar surface area (TPSA) is 50.7 Å². The van der Waals surface area contributed by atoms with Gasteiger partial charge in [-0.25, -0.2) is 4.79 Å². The molecule has 17 heavy (non-hydrogen) atoms. The van der Waals surface area contributed by atoms with Gasteiger partial charge in [0.25, 0.3) is 0 Å². The fourth-order valence-electron chi connectivity index (χ4n) is 0.995. The molecule has 0 saturated heterocycles. The number of halogens is 2. The molecule has 6 heteroatoms. The largest absolute Gasteiger partial charge is 0.461 e. The first-order chi connectivity index (χ1) is 8.04. The van der Waals surface area contributed by atoms with E-state index < -0.39 is 5.97 Å². The molecule has 0 unspecified atom stereocenters. The van der Waals surface area contributed by atoms with Crippen molar-refractivity contribution < 1.29 is 9.53 Å². The van der Waals surface area contributed by atoms with E-state index >= 15 is 0 Å². The zero-order valence-corrected chi connectivity index (χ0v) is 11.0. The molecule has 0 atom stereocenters. The van der Waals surface area contributed by atoms with E-state index in [1.54, 1.807) is 32.0 Å². The summed E-state index contributed by atoms with van der Waals surface area (Å²) in [7, 11) is 0. The maximum absolute atomic E-state index is 11.2. The summed E-state index contributed by atoms with van der Waals surface area (Å²) in [5.74, 6) is -0.458. The standard InChI is InChI=1S/C11H12Cl2N2O2/c1-3-17-11(16)7(2)14-15-8-4-5-9(12)10(13)6-8/h4-6,15H,3H2,1-2H3/b14-7+.